The molecule has 0 radical (unpaired) electrons. The molecule has 1 aromatic carbocycles. The largest absolute Gasteiger partial charge is 0.351 e. The highest BCUT2D eigenvalue weighted by atomic mass is 16.7. The van der Waals surface area contributed by atoms with E-state index in [1.807, 2.05) is 20.2 Å². The second-order valence-electron chi connectivity index (χ2n) is 4.66. The van der Waals surface area contributed by atoms with Gasteiger partial charge in [0.25, 0.3) is 0 Å². The van der Waals surface area contributed by atoms with Gasteiger partial charge in [-0.05, 0) is 51.0 Å². The van der Waals surface area contributed by atoms with Crippen molar-refractivity contribution in [2.75, 3.05) is 13.2 Å². The predicted molar refractivity (Wildman–Crippen MR) is 76.2 cm³/mol. The maximum Gasteiger partial charge on any atom is 0.175 e. The smallest absolute Gasteiger partial charge is 0.175 e. The Morgan fingerprint density at radius 2 is 1.74 bits per heavy atom. The highest BCUT2D eigenvalue weighted by Gasteiger charge is 2.12. The van der Waals surface area contributed by atoms with Crippen LogP contribution < -0.4 is 0 Å². The Labute approximate surface area is 114 Å². The Hall–Kier alpha value is -1.39. The monoisotopic (exact) mass is 262 g/mol. The highest BCUT2D eigenvalue weighted by Crippen LogP contribution is 2.19. The summed E-state index contributed by atoms with van der Waals surface area (Å²) < 4.78 is 13.3. The van der Waals surface area contributed by atoms with Crippen LogP contribution in [0, 0.1) is 13.8 Å². The van der Waals surface area contributed by atoms with Crippen molar-refractivity contribution in [3.8, 4) is 0 Å². The molecule has 0 saturated heterocycles. The van der Waals surface area contributed by atoms with Crippen LogP contribution >= 0.6 is 0 Å². The second-order valence-corrected chi connectivity index (χ2v) is 4.66. The van der Waals surface area contributed by atoms with Crippen molar-refractivity contribution in [2.24, 2.45) is 0 Å². The Bertz CT molecular complexity index is 542. The first-order valence-electron chi connectivity index (χ1n) is 6.81. The first-order chi connectivity index (χ1) is 9.15. The number of imidazole rings is 1. The summed E-state index contributed by atoms with van der Waals surface area (Å²) in [7, 11) is 0. The van der Waals surface area contributed by atoms with Crippen molar-refractivity contribution in [1.29, 1.82) is 0 Å². The Morgan fingerprint density at radius 1 is 1.11 bits per heavy atom. The van der Waals surface area contributed by atoms with E-state index in [0.717, 1.165) is 11.0 Å². The van der Waals surface area contributed by atoms with Gasteiger partial charge in [-0.25, -0.2) is 4.98 Å². The van der Waals surface area contributed by atoms with E-state index in [1.54, 1.807) is 0 Å². The van der Waals surface area contributed by atoms with Crippen molar-refractivity contribution in [3.63, 3.8) is 0 Å². The molecule has 4 nitrogen and oxygen atoms in total. The van der Waals surface area contributed by atoms with E-state index in [9.17, 15) is 0 Å². The number of hydrogen-bond donors (Lipinski definition) is 0. The fourth-order valence-corrected chi connectivity index (χ4v) is 2.14. The lowest BCUT2D eigenvalue weighted by Gasteiger charge is -2.17. The Balaban J connectivity index is 2.26. The maximum atomic E-state index is 5.59. The summed E-state index contributed by atoms with van der Waals surface area (Å²) in [4.78, 5) is 4.45. The Kier molecular flexibility index (Phi) is 4.56. The quantitative estimate of drug-likeness (QED) is 0.751. The molecule has 0 atom stereocenters. The van der Waals surface area contributed by atoms with Gasteiger partial charge in [0.05, 0.1) is 23.9 Å². The number of nitrogens with zero attached hydrogens (tertiary/aromatic N) is 2. The number of hydrogen-bond acceptors (Lipinski definition) is 3. The van der Waals surface area contributed by atoms with Gasteiger partial charge in [0.15, 0.2) is 6.29 Å². The first-order valence-corrected chi connectivity index (χ1v) is 6.81. The highest BCUT2D eigenvalue weighted by molar-refractivity contribution is 5.77. The van der Waals surface area contributed by atoms with E-state index in [4.69, 9.17) is 9.47 Å². The zero-order valence-corrected chi connectivity index (χ0v) is 12.1. The van der Waals surface area contributed by atoms with Crippen LogP contribution in [0.25, 0.3) is 11.0 Å². The molecule has 104 valence electrons. The molecule has 0 bridgehead atoms. The molecule has 0 fully saturated rings. The number of aryl methyl sites for hydroxylation is 2. The van der Waals surface area contributed by atoms with Crippen LogP contribution in [0.2, 0.25) is 0 Å². The molecule has 0 aliphatic carbocycles. The van der Waals surface area contributed by atoms with E-state index in [0.29, 0.717) is 19.8 Å². The van der Waals surface area contributed by atoms with Crippen LogP contribution in [-0.4, -0.2) is 29.1 Å². The van der Waals surface area contributed by atoms with Crippen molar-refractivity contribution >= 4 is 11.0 Å². The van der Waals surface area contributed by atoms with Crippen molar-refractivity contribution in [3.05, 3.63) is 29.6 Å². The van der Waals surface area contributed by atoms with Gasteiger partial charge in [-0.15, -0.1) is 0 Å². The number of fused-ring (bicyclic) bond motifs is 1. The van der Waals surface area contributed by atoms with Crippen molar-refractivity contribution in [1.82, 2.24) is 9.55 Å². The minimum Gasteiger partial charge on any atom is -0.351 e. The molecular formula is C15H22N2O2. The van der Waals surface area contributed by atoms with Gasteiger partial charge < -0.3 is 14.0 Å². The average Bonchev–Trinajstić information content (AvgIpc) is 2.73. The number of aromatic nitrogens is 2. The second kappa shape index (κ2) is 6.17. The van der Waals surface area contributed by atoms with Gasteiger partial charge in [0.1, 0.15) is 0 Å². The zero-order chi connectivity index (χ0) is 13.8. The SMILES string of the molecule is CCOC(Cn1cnc2cc(C)c(C)cc21)OCC. The summed E-state index contributed by atoms with van der Waals surface area (Å²) in [5.41, 5.74) is 4.70. The first kappa shape index (κ1) is 14.0. The molecule has 0 unspecified atom stereocenters. The lowest BCUT2D eigenvalue weighted by molar-refractivity contribution is -0.143. The molecule has 0 aliphatic rings. The number of ether oxygens (including phenoxy) is 2. The molecule has 2 rings (SSSR count). The summed E-state index contributed by atoms with van der Waals surface area (Å²) in [6.07, 6.45) is 1.64. The summed E-state index contributed by atoms with van der Waals surface area (Å²) in [5, 5.41) is 0. The number of benzene rings is 1. The zero-order valence-electron chi connectivity index (χ0n) is 12.1. The molecular weight excluding hydrogens is 240 g/mol. The topological polar surface area (TPSA) is 36.3 Å². The third-order valence-electron chi connectivity index (χ3n) is 3.29. The maximum absolute atomic E-state index is 5.59. The molecule has 0 aliphatic heterocycles. The lowest BCUT2D eigenvalue weighted by atomic mass is 10.1. The molecule has 1 aromatic heterocycles. The van der Waals surface area contributed by atoms with Gasteiger partial charge in [0, 0.05) is 13.2 Å². The standard InChI is InChI=1S/C15H22N2O2/c1-5-18-15(19-6-2)9-17-10-16-13-7-11(3)12(4)8-14(13)17/h7-8,10,15H,5-6,9H2,1-4H3. The minimum atomic E-state index is -0.214. The molecule has 1 heterocycles. The molecule has 4 heteroatoms. The van der Waals surface area contributed by atoms with E-state index in [1.165, 1.54) is 11.1 Å². The summed E-state index contributed by atoms with van der Waals surface area (Å²) in [5.74, 6) is 0. The van der Waals surface area contributed by atoms with Crippen LogP contribution in [-0.2, 0) is 16.0 Å². The third kappa shape index (κ3) is 3.14. The summed E-state index contributed by atoms with van der Waals surface area (Å²) in [6.45, 7) is 10.1. The minimum absolute atomic E-state index is 0.214. The van der Waals surface area contributed by atoms with Crippen molar-refractivity contribution in [2.45, 2.75) is 40.5 Å². The summed E-state index contributed by atoms with van der Waals surface area (Å²) in [6, 6.07) is 4.30. The summed E-state index contributed by atoms with van der Waals surface area (Å²) >= 11 is 0. The van der Waals surface area contributed by atoms with Crippen LogP contribution in [0.15, 0.2) is 18.5 Å². The van der Waals surface area contributed by atoms with Crippen LogP contribution in [0.1, 0.15) is 25.0 Å². The van der Waals surface area contributed by atoms with Gasteiger partial charge >= 0.3 is 0 Å². The molecule has 0 spiro atoms. The van der Waals surface area contributed by atoms with Gasteiger partial charge in [-0.1, -0.05) is 0 Å². The van der Waals surface area contributed by atoms with Gasteiger partial charge in [-0.3, -0.25) is 0 Å². The van der Waals surface area contributed by atoms with E-state index in [2.05, 4.69) is 35.5 Å². The lowest BCUT2D eigenvalue weighted by Crippen LogP contribution is -2.23. The molecule has 0 saturated carbocycles. The van der Waals surface area contributed by atoms with Gasteiger partial charge in [0.2, 0.25) is 0 Å². The van der Waals surface area contributed by atoms with E-state index in [-0.39, 0.29) is 6.29 Å². The van der Waals surface area contributed by atoms with Crippen molar-refractivity contribution < 1.29 is 9.47 Å². The van der Waals surface area contributed by atoms with Gasteiger partial charge in [-0.2, -0.15) is 0 Å². The Morgan fingerprint density at radius 3 is 2.37 bits per heavy atom. The van der Waals surface area contributed by atoms with E-state index < -0.39 is 0 Å². The number of rotatable bonds is 6. The fraction of sp³-hybridized carbons (Fsp3) is 0.533. The molecule has 0 N–H and O–H groups in total. The predicted octanol–water partition coefficient (Wildman–Crippen LogP) is 3.05. The average molecular weight is 262 g/mol. The van der Waals surface area contributed by atoms with E-state index >= 15 is 0 Å². The normalized spacial score (nSPS) is 11.6. The van der Waals surface area contributed by atoms with Crippen LogP contribution in [0.5, 0.6) is 0 Å². The fourth-order valence-electron chi connectivity index (χ4n) is 2.14. The molecule has 19 heavy (non-hydrogen) atoms. The third-order valence-corrected chi connectivity index (χ3v) is 3.29. The molecule has 0 amide bonds. The van der Waals surface area contributed by atoms with Crippen LogP contribution in [0.3, 0.4) is 0 Å². The molecule has 2 aromatic rings. The van der Waals surface area contributed by atoms with Crippen LogP contribution in [0.4, 0.5) is 0 Å².